The maximum Gasteiger partial charge on any atom is 0.350 e. The van der Waals surface area contributed by atoms with Gasteiger partial charge in [0.2, 0.25) is 0 Å². The van der Waals surface area contributed by atoms with Crippen molar-refractivity contribution in [2.24, 2.45) is 0 Å². The summed E-state index contributed by atoms with van der Waals surface area (Å²) in [6.07, 6.45) is 0. The number of halogens is 1. The Morgan fingerprint density at radius 3 is 2.71 bits per heavy atom. The van der Waals surface area contributed by atoms with Crippen molar-refractivity contribution in [2.45, 2.75) is 11.8 Å². The second-order valence-electron chi connectivity index (χ2n) is 4.18. The van der Waals surface area contributed by atoms with E-state index in [1.165, 1.54) is 19.2 Å². The molecule has 0 fully saturated rings. The lowest BCUT2D eigenvalue weighted by atomic mass is 10.3. The third-order valence-corrected chi connectivity index (χ3v) is 5.35. The van der Waals surface area contributed by atoms with E-state index in [1.54, 1.807) is 24.4 Å². The van der Waals surface area contributed by atoms with Crippen molar-refractivity contribution in [3.05, 3.63) is 45.1 Å². The molecule has 5 nitrogen and oxygen atoms in total. The number of methoxy groups -OCH3 is 1. The Hall–Kier alpha value is -1.57. The van der Waals surface area contributed by atoms with Gasteiger partial charge in [0.05, 0.1) is 17.7 Å². The van der Waals surface area contributed by atoms with Gasteiger partial charge < -0.3 is 4.74 Å². The van der Waals surface area contributed by atoms with Gasteiger partial charge >= 0.3 is 5.97 Å². The first kappa shape index (κ1) is 15.8. The molecule has 112 valence electrons. The highest BCUT2D eigenvalue weighted by molar-refractivity contribution is 7.92. The summed E-state index contributed by atoms with van der Waals surface area (Å²) in [7, 11) is -2.59. The molecule has 0 unspecified atom stereocenters. The fourth-order valence-corrected chi connectivity index (χ4v) is 4.07. The minimum absolute atomic E-state index is 0.0245. The number of carbonyl (C=O) groups excluding carboxylic acids is 1. The van der Waals surface area contributed by atoms with E-state index in [0.717, 1.165) is 11.3 Å². The molecule has 0 amide bonds. The molecule has 2 rings (SSSR count). The van der Waals surface area contributed by atoms with Gasteiger partial charge in [-0.15, -0.1) is 11.3 Å². The van der Waals surface area contributed by atoms with E-state index < -0.39 is 16.0 Å². The van der Waals surface area contributed by atoms with Crippen molar-refractivity contribution >= 4 is 44.6 Å². The normalized spacial score (nSPS) is 11.2. The first-order valence-corrected chi connectivity index (χ1v) is 8.54. The number of rotatable bonds is 4. The lowest BCUT2D eigenvalue weighted by Crippen LogP contribution is -2.15. The maximum absolute atomic E-state index is 12.3. The van der Waals surface area contributed by atoms with E-state index in [-0.39, 0.29) is 15.5 Å². The summed E-state index contributed by atoms with van der Waals surface area (Å²) in [5.41, 5.74) is 0.873. The monoisotopic (exact) mass is 345 g/mol. The molecule has 2 aromatic rings. The number of ether oxygens (including phenoxy) is 1. The Labute approximate surface area is 131 Å². The zero-order valence-corrected chi connectivity index (χ0v) is 13.6. The maximum atomic E-state index is 12.3. The van der Waals surface area contributed by atoms with Crippen molar-refractivity contribution in [3.63, 3.8) is 0 Å². The second kappa shape index (κ2) is 6.05. The van der Waals surface area contributed by atoms with Gasteiger partial charge in [-0.3, -0.25) is 4.72 Å². The van der Waals surface area contributed by atoms with Crippen molar-refractivity contribution in [2.75, 3.05) is 11.8 Å². The molecule has 0 radical (unpaired) electrons. The zero-order valence-electron chi connectivity index (χ0n) is 11.2. The molecule has 0 saturated carbocycles. The number of nitrogens with one attached hydrogen (secondary N) is 1. The van der Waals surface area contributed by atoms with E-state index in [1.807, 2.05) is 0 Å². The van der Waals surface area contributed by atoms with Crippen LogP contribution >= 0.6 is 22.9 Å². The molecule has 0 bridgehead atoms. The number of sulfonamides is 1. The number of hydrogen-bond acceptors (Lipinski definition) is 5. The summed E-state index contributed by atoms with van der Waals surface area (Å²) in [4.78, 5) is 11.9. The molecule has 0 aliphatic rings. The van der Waals surface area contributed by atoms with Crippen molar-refractivity contribution in [3.8, 4) is 0 Å². The van der Waals surface area contributed by atoms with Crippen LogP contribution in [0.4, 0.5) is 5.69 Å². The molecule has 0 saturated heterocycles. The molecule has 0 aliphatic heterocycles. The highest BCUT2D eigenvalue weighted by Crippen LogP contribution is 2.30. The molecule has 21 heavy (non-hydrogen) atoms. The molecular weight excluding hydrogens is 334 g/mol. The van der Waals surface area contributed by atoms with Gasteiger partial charge in [-0.1, -0.05) is 17.7 Å². The van der Waals surface area contributed by atoms with Crippen LogP contribution in [0.1, 0.15) is 15.2 Å². The van der Waals surface area contributed by atoms with Crippen LogP contribution in [0.2, 0.25) is 5.02 Å². The Morgan fingerprint density at radius 2 is 2.10 bits per heavy atom. The third-order valence-electron chi connectivity index (χ3n) is 2.69. The third kappa shape index (κ3) is 3.37. The molecule has 1 heterocycles. The predicted octanol–water partition coefficient (Wildman–Crippen LogP) is 3.30. The van der Waals surface area contributed by atoms with Crippen molar-refractivity contribution < 1.29 is 17.9 Å². The highest BCUT2D eigenvalue weighted by atomic mass is 35.5. The Morgan fingerprint density at radius 1 is 1.38 bits per heavy atom. The minimum Gasteiger partial charge on any atom is -0.465 e. The van der Waals surface area contributed by atoms with Crippen LogP contribution in [0.15, 0.2) is 34.5 Å². The molecule has 1 aromatic carbocycles. The first-order chi connectivity index (χ1) is 9.85. The van der Waals surface area contributed by atoms with E-state index in [2.05, 4.69) is 9.46 Å². The fourth-order valence-electron chi connectivity index (χ4n) is 1.64. The average molecular weight is 346 g/mol. The Bertz CT molecular complexity index is 783. The lowest BCUT2D eigenvalue weighted by Gasteiger charge is -2.10. The van der Waals surface area contributed by atoms with Gasteiger partial charge in [-0.2, -0.15) is 0 Å². The molecule has 0 spiro atoms. The standard InChI is InChI=1S/C13H12ClNO4S2/c1-8-7-20-12(13(16)19-2)11(8)15-21(17,18)10-5-3-4-9(14)6-10/h3-7,15H,1-2H3. The van der Waals surface area contributed by atoms with Crippen LogP contribution in [0.25, 0.3) is 0 Å². The van der Waals surface area contributed by atoms with Gasteiger partial charge in [0, 0.05) is 5.02 Å². The van der Waals surface area contributed by atoms with Crippen LogP contribution in [0, 0.1) is 6.92 Å². The van der Waals surface area contributed by atoms with E-state index in [9.17, 15) is 13.2 Å². The number of hydrogen-bond donors (Lipinski definition) is 1. The number of benzene rings is 1. The van der Waals surface area contributed by atoms with E-state index in [4.69, 9.17) is 11.6 Å². The van der Waals surface area contributed by atoms with E-state index >= 15 is 0 Å². The van der Waals surface area contributed by atoms with Crippen LogP contribution in [-0.4, -0.2) is 21.5 Å². The number of thiophene rings is 1. The smallest absolute Gasteiger partial charge is 0.350 e. The van der Waals surface area contributed by atoms with Crippen molar-refractivity contribution in [1.82, 2.24) is 0 Å². The second-order valence-corrected chi connectivity index (χ2v) is 7.18. The lowest BCUT2D eigenvalue weighted by molar-refractivity contribution is 0.0607. The molecule has 1 N–H and O–H groups in total. The van der Waals surface area contributed by atoms with Crippen LogP contribution in [0.5, 0.6) is 0 Å². The van der Waals surface area contributed by atoms with Gasteiger partial charge in [0.15, 0.2) is 0 Å². The number of anilines is 1. The minimum atomic E-state index is -3.83. The summed E-state index contributed by atoms with van der Waals surface area (Å²) >= 11 is 6.92. The largest absolute Gasteiger partial charge is 0.465 e. The molecule has 8 heteroatoms. The summed E-state index contributed by atoms with van der Waals surface area (Å²) in [6, 6.07) is 5.88. The summed E-state index contributed by atoms with van der Waals surface area (Å²) < 4.78 is 31.8. The Kier molecular flexibility index (Phi) is 4.55. The van der Waals surface area contributed by atoms with Crippen molar-refractivity contribution in [1.29, 1.82) is 0 Å². The van der Waals surface area contributed by atoms with Gasteiger partial charge in [-0.05, 0) is 36.1 Å². The molecule has 0 atom stereocenters. The fraction of sp³-hybridized carbons (Fsp3) is 0.154. The van der Waals surface area contributed by atoms with Crippen LogP contribution < -0.4 is 4.72 Å². The molecule has 0 aliphatic carbocycles. The first-order valence-electron chi connectivity index (χ1n) is 5.80. The number of carbonyl (C=O) groups is 1. The summed E-state index contributed by atoms with van der Waals surface area (Å²) in [6.45, 7) is 1.71. The summed E-state index contributed by atoms with van der Waals surface area (Å²) in [5.74, 6) is -0.586. The average Bonchev–Trinajstić information content (AvgIpc) is 2.79. The topological polar surface area (TPSA) is 72.5 Å². The number of aryl methyl sites for hydroxylation is 1. The van der Waals surface area contributed by atoms with Crippen LogP contribution in [-0.2, 0) is 14.8 Å². The zero-order chi connectivity index (χ0) is 15.6. The number of esters is 1. The Balaban J connectivity index is 2.42. The highest BCUT2D eigenvalue weighted by Gasteiger charge is 2.22. The molecular formula is C13H12ClNO4S2. The van der Waals surface area contributed by atoms with Crippen LogP contribution in [0.3, 0.4) is 0 Å². The summed E-state index contributed by atoms with van der Waals surface area (Å²) in [5, 5.41) is 2.00. The predicted molar refractivity (Wildman–Crippen MR) is 82.7 cm³/mol. The van der Waals surface area contributed by atoms with Gasteiger partial charge in [0.25, 0.3) is 10.0 Å². The van der Waals surface area contributed by atoms with Gasteiger partial charge in [0.1, 0.15) is 4.88 Å². The van der Waals surface area contributed by atoms with Gasteiger partial charge in [-0.25, -0.2) is 13.2 Å². The molecule has 1 aromatic heterocycles. The SMILES string of the molecule is COC(=O)c1scc(C)c1NS(=O)(=O)c1cccc(Cl)c1. The van der Waals surface area contributed by atoms with E-state index in [0.29, 0.717) is 10.6 Å². The quantitative estimate of drug-likeness (QED) is 0.863.